The van der Waals surface area contributed by atoms with Gasteiger partial charge in [-0.2, -0.15) is 0 Å². The Kier molecular flexibility index (Phi) is 5.84. The average Bonchev–Trinajstić information content (AvgIpc) is 2.51. The summed E-state index contributed by atoms with van der Waals surface area (Å²) in [4.78, 5) is 13.8. The van der Waals surface area contributed by atoms with E-state index in [1.165, 1.54) is 18.2 Å². The minimum absolute atomic E-state index is 0.0137. The molecule has 23 heavy (non-hydrogen) atoms. The highest BCUT2D eigenvalue weighted by Crippen LogP contribution is 2.21. The van der Waals surface area contributed by atoms with Crippen LogP contribution >= 0.6 is 11.6 Å². The molecular weight excluding hydrogens is 321 g/mol. The third-order valence-electron chi connectivity index (χ3n) is 2.93. The van der Waals surface area contributed by atoms with Gasteiger partial charge in [0, 0.05) is 18.8 Å². The molecule has 0 saturated heterocycles. The fourth-order valence-corrected chi connectivity index (χ4v) is 1.91. The molecule has 1 amide bonds. The Labute approximate surface area is 138 Å². The standard InChI is InChI=1S/C15H17ClFN5O/c1-22(2)8-7-18-15(23)13-5-6-14(21-20-13)19-10-3-4-12(17)11(16)9-10/h3-6,9H,7-8H2,1-2H3,(H,18,23)(H,19,21). The largest absolute Gasteiger partial charge is 0.349 e. The number of rotatable bonds is 6. The van der Waals surface area contributed by atoms with Crippen molar-refractivity contribution in [1.29, 1.82) is 0 Å². The van der Waals surface area contributed by atoms with Crippen LogP contribution in [-0.2, 0) is 0 Å². The number of carbonyl (C=O) groups is 1. The number of carbonyl (C=O) groups excluding carboxylic acids is 1. The first-order valence-electron chi connectivity index (χ1n) is 6.94. The van der Waals surface area contributed by atoms with Crippen molar-refractivity contribution in [3.05, 3.63) is 46.9 Å². The molecule has 0 aliphatic carbocycles. The summed E-state index contributed by atoms with van der Waals surface area (Å²) in [6, 6.07) is 7.41. The van der Waals surface area contributed by atoms with Gasteiger partial charge in [0.15, 0.2) is 11.5 Å². The van der Waals surface area contributed by atoms with Crippen LogP contribution in [0.3, 0.4) is 0 Å². The Morgan fingerprint density at radius 2 is 2.04 bits per heavy atom. The summed E-state index contributed by atoms with van der Waals surface area (Å²) in [6.45, 7) is 1.27. The highest BCUT2D eigenvalue weighted by Gasteiger charge is 2.08. The fraction of sp³-hybridized carbons (Fsp3) is 0.267. The Bertz CT molecular complexity index is 678. The van der Waals surface area contributed by atoms with Gasteiger partial charge in [0.2, 0.25) is 0 Å². The SMILES string of the molecule is CN(C)CCNC(=O)c1ccc(Nc2ccc(F)c(Cl)c2)nn1. The maximum Gasteiger partial charge on any atom is 0.271 e. The smallest absolute Gasteiger partial charge is 0.271 e. The summed E-state index contributed by atoms with van der Waals surface area (Å²) < 4.78 is 13.1. The molecule has 1 heterocycles. The van der Waals surface area contributed by atoms with Gasteiger partial charge in [-0.1, -0.05) is 11.6 Å². The van der Waals surface area contributed by atoms with Gasteiger partial charge >= 0.3 is 0 Å². The molecule has 0 radical (unpaired) electrons. The molecule has 0 saturated carbocycles. The second-order valence-corrected chi connectivity index (χ2v) is 5.52. The van der Waals surface area contributed by atoms with E-state index in [1.54, 1.807) is 12.1 Å². The fourth-order valence-electron chi connectivity index (χ4n) is 1.73. The van der Waals surface area contributed by atoms with E-state index in [1.807, 2.05) is 19.0 Å². The van der Waals surface area contributed by atoms with E-state index in [-0.39, 0.29) is 16.6 Å². The lowest BCUT2D eigenvalue weighted by Gasteiger charge is -2.10. The Hall–Kier alpha value is -2.25. The molecule has 0 unspecified atom stereocenters. The number of hydrogen-bond acceptors (Lipinski definition) is 5. The van der Waals surface area contributed by atoms with Crippen molar-refractivity contribution >= 4 is 29.0 Å². The number of aromatic nitrogens is 2. The second-order valence-electron chi connectivity index (χ2n) is 5.12. The van der Waals surface area contributed by atoms with E-state index in [2.05, 4.69) is 20.8 Å². The van der Waals surface area contributed by atoms with Crippen molar-refractivity contribution < 1.29 is 9.18 Å². The monoisotopic (exact) mass is 337 g/mol. The number of halogens is 2. The van der Waals surface area contributed by atoms with E-state index in [0.717, 1.165) is 6.54 Å². The lowest BCUT2D eigenvalue weighted by atomic mass is 10.3. The van der Waals surface area contributed by atoms with Gasteiger partial charge < -0.3 is 15.5 Å². The molecule has 0 fully saturated rings. The highest BCUT2D eigenvalue weighted by atomic mass is 35.5. The number of benzene rings is 1. The van der Waals surface area contributed by atoms with Crippen LogP contribution in [0.25, 0.3) is 0 Å². The molecule has 0 aliphatic rings. The molecule has 0 bridgehead atoms. The molecule has 2 aromatic rings. The van der Waals surface area contributed by atoms with E-state index >= 15 is 0 Å². The summed E-state index contributed by atoms with van der Waals surface area (Å²) >= 11 is 5.71. The summed E-state index contributed by atoms with van der Waals surface area (Å²) in [6.07, 6.45) is 0. The van der Waals surface area contributed by atoms with Crippen molar-refractivity contribution in [3.63, 3.8) is 0 Å². The Morgan fingerprint density at radius 3 is 2.65 bits per heavy atom. The normalized spacial score (nSPS) is 10.7. The first-order valence-corrected chi connectivity index (χ1v) is 7.32. The van der Waals surface area contributed by atoms with Crippen LogP contribution in [0.4, 0.5) is 15.9 Å². The summed E-state index contributed by atoms with van der Waals surface area (Å²) in [5.74, 6) is -0.346. The topological polar surface area (TPSA) is 70.2 Å². The average molecular weight is 338 g/mol. The van der Waals surface area contributed by atoms with Gasteiger partial charge in [-0.25, -0.2) is 4.39 Å². The third-order valence-corrected chi connectivity index (χ3v) is 3.22. The van der Waals surface area contributed by atoms with Gasteiger partial charge in [0.1, 0.15) is 5.82 Å². The lowest BCUT2D eigenvalue weighted by molar-refractivity contribution is 0.0945. The molecule has 122 valence electrons. The van der Waals surface area contributed by atoms with Crippen LogP contribution < -0.4 is 10.6 Å². The van der Waals surface area contributed by atoms with Crippen molar-refractivity contribution in [3.8, 4) is 0 Å². The number of anilines is 2. The molecular formula is C15H17ClFN5O. The first-order chi connectivity index (χ1) is 11.0. The number of nitrogens with zero attached hydrogens (tertiary/aromatic N) is 3. The minimum Gasteiger partial charge on any atom is -0.349 e. The molecule has 1 aromatic carbocycles. The summed E-state index contributed by atoms with van der Waals surface area (Å²) in [7, 11) is 3.85. The molecule has 6 nitrogen and oxygen atoms in total. The molecule has 0 atom stereocenters. The van der Waals surface area contributed by atoms with Crippen LogP contribution in [-0.4, -0.2) is 48.2 Å². The second kappa shape index (κ2) is 7.85. The number of nitrogens with one attached hydrogen (secondary N) is 2. The van der Waals surface area contributed by atoms with Gasteiger partial charge in [-0.05, 0) is 44.4 Å². The van der Waals surface area contributed by atoms with Crippen LogP contribution in [0.5, 0.6) is 0 Å². The predicted molar refractivity (Wildman–Crippen MR) is 87.6 cm³/mol. The molecule has 1 aromatic heterocycles. The van der Waals surface area contributed by atoms with Crippen LogP contribution in [0.15, 0.2) is 30.3 Å². The van der Waals surface area contributed by atoms with E-state index in [0.29, 0.717) is 18.1 Å². The molecule has 2 N–H and O–H groups in total. The minimum atomic E-state index is -0.493. The highest BCUT2D eigenvalue weighted by molar-refractivity contribution is 6.31. The summed E-state index contributed by atoms with van der Waals surface area (Å²) in [5, 5.41) is 13.5. The van der Waals surface area contributed by atoms with Crippen LogP contribution in [0.1, 0.15) is 10.5 Å². The number of amides is 1. The predicted octanol–water partition coefficient (Wildman–Crippen LogP) is 2.30. The van der Waals surface area contributed by atoms with Gasteiger partial charge in [-0.3, -0.25) is 4.79 Å². The Morgan fingerprint density at radius 1 is 1.26 bits per heavy atom. The zero-order valence-electron chi connectivity index (χ0n) is 12.8. The third kappa shape index (κ3) is 5.15. The zero-order chi connectivity index (χ0) is 16.8. The van der Waals surface area contributed by atoms with Gasteiger partial charge in [0.25, 0.3) is 5.91 Å². The molecule has 0 aliphatic heterocycles. The van der Waals surface area contributed by atoms with E-state index in [4.69, 9.17) is 11.6 Å². The van der Waals surface area contributed by atoms with Crippen molar-refractivity contribution in [2.24, 2.45) is 0 Å². The first kappa shape index (κ1) is 17.1. The molecule has 8 heteroatoms. The summed E-state index contributed by atoms with van der Waals surface area (Å²) in [5.41, 5.74) is 0.806. The number of hydrogen-bond donors (Lipinski definition) is 2. The van der Waals surface area contributed by atoms with Gasteiger partial charge in [-0.15, -0.1) is 10.2 Å². The number of likely N-dealkylation sites (N-methyl/N-ethyl adjacent to an activating group) is 1. The lowest BCUT2D eigenvalue weighted by Crippen LogP contribution is -2.31. The zero-order valence-corrected chi connectivity index (χ0v) is 13.6. The van der Waals surface area contributed by atoms with Crippen LogP contribution in [0, 0.1) is 5.82 Å². The Balaban J connectivity index is 1.96. The van der Waals surface area contributed by atoms with Crippen LogP contribution in [0.2, 0.25) is 5.02 Å². The van der Waals surface area contributed by atoms with Gasteiger partial charge in [0.05, 0.1) is 5.02 Å². The van der Waals surface area contributed by atoms with Crippen molar-refractivity contribution in [1.82, 2.24) is 20.4 Å². The maximum atomic E-state index is 13.1. The van der Waals surface area contributed by atoms with E-state index in [9.17, 15) is 9.18 Å². The quantitative estimate of drug-likeness (QED) is 0.846. The van der Waals surface area contributed by atoms with Crippen molar-refractivity contribution in [2.75, 3.05) is 32.5 Å². The van der Waals surface area contributed by atoms with Crippen molar-refractivity contribution in [2.45, 2.75) is 0 Å². The van der Waals surface area contributed by atoms with E-state index < -0.39 is 5.82 Å². The molecule has 0 spiro atoms. The maximum absolute atomic E-state index is 13.1. The molecule has 2 rings (SSSR count).